The van der Waals surface area contributed by atoms with Gasteiger partial charge in [0, 0.05) is 34.9 Å². The number of nitrogens with two attached hydrogens (primary N) is 1. The second-order valence-electron chi connectivity index (χ2n) is 7.20. The second kappa shape index (κ2) is 7.23. The maximum Gasteiger partial charge on any atom is 0.222 e. The van der Waals surface area contributed by atoms with Crippen LogP contribution in [0, 0.1) is 5.92 Å². The SMILES string of the molecule is NC(=O)[C@H]1CCCN(c2nc(-c3cccc(Cl)c3)nc3c2CCCC3)C1. The van der Waals surface area contributed by atoms with Gasteiger partial charge in [0.15, 0.2) is 5.82 Å². The maximum atomic E-state index is 11.7. The Morgan fingerprint density at radius 1 is 1.19 bits per heavy atom. The molecule has 2 heterocycles. The molecule has 136 valence electrons. The van der Waals surface area contributed by atoms with Crippen molar-refractivity contribution in [2.45, 2.75) is 38.5 Å². The highest BCUT2D eigenvalue weighted by Gasteiger charge is 2.28. The first kappa shape index (κ1) is 17.3. The van der Waals surface area contributed by atoms with E-state index in [0.717, 1.165) is 62.1 Å². The summed E-state index contributed by atoms with van der Waals surface area (Å²) in [5, 5.41) is 0.678. The van der Waals surface area contributed by atoms with Gasteiger partial charge in [-0.15, -0.1) is 0 Å². The number of anilines is 1. The predicted octanol–water partition coefficient (Wildman–Crippen LogP) is 3.38. The number of amides is 1. The zero-order chi connectivity index (χ0) is 18.1. The van der Waals surface area contributed by atoms with Crippen LogP contribution in [0.15, 0.2) is 24.3 Å². The molecular formula is C20H23ClN4O. The minimum atomic E-state index is -0.215. The molecule has 1 aliphatic heterocycles. The number of benzene rings is 1. The minimum absolute atomic E-state index is 0.104. The van der Waals surface area contributed by atoms with E-state index in [1.165, 1.54) is 5.56 Å². The van der Waals surface area contributed by atoms with E-state index in [-0.39, 0.29) is 11.8 Å². The van der Waals surface area contributed by atoms with Gasteiger partial charge in [0.05, 0.1) is 5.92 Å². The minimum Gasteiger partial charge on any atom is -0.369 e. The number of aromatic nitrogens is 2. The number of hydrogen-bond donors (Lipinski definition) is 1. The molecule has 1 aromatic carbocycles. The molecule has 4 rings (SSSR count). The molecule has 1 aliphatic carbocycles. The molecule has 0 spiro atoms. The van der Waals surface area contributed by atoms with Gasteiger partial charge in [-0.05, 0) is 50.7 Å². The zero-order valence-corrected chi connectivity index (χ0v) is 15.5. The molecule has 2 aromatic rings. The summed E-state index contributed by atoms with van der Waals surface area (Å²) in [6.07, 6.45) is 6.11. The van der Waals surface area contributed by atoms with Gasteiger partial charge >= 0.3 is 0 Å². The molecule has 5 nitrogen and oxygen atoms in total. The zero-order valence-electron chi connectivity index (χ0n) is 14.7. The number of halogens is 1. The van der Waals surface area contributed by atoms with E-state index in [1.54, 1.807) is 0 Å². The van der Waals surface area contributed by atoms with Crippen LogP contribution in [0.3, 0.4) is 0 Å². The van der Waals surface area contributed by atoms with Crippen molar-refractivity contribution >= 4 is 23.3 Å². The van der Waals surface area contributed by atoms with Gasteiger partial charge in [0.2, 0.25) is 5.91 Å². The highest BCUT2D eigenvalue weighted by atomic mass is 35.5. The van der Waals surface area contributed by atoms with Gasteiger partial charge in [-0.3, -0.25) is 4.79 Å². The average molecular weight is 371 g/mol. The third-order valence-electron chi connectivity index (χ3n) is 5.37. The summed E-state index contributed by atoms with van der Waals surface area (Å²) in [7, 11) is 0. The van der Waals surface area contributed by atoms with E-state index < -0.39 is 0 Å². The highest BCUT2D eigenvalue weighted by Crippen LogP contribution is 2.33. The Balaban J connectivity index is 1.77. The molecule has 0 radical (unpaired) electrons. The molecule has 0 bridgehead atoms. The van der Waals surface area contributed by atoms with Crippen molar-refractivity contribution in [3.05, 3.63) is 40.5 Å². The Labute approximate surface area is 158 Å². The average Bonchev–Trinajstić information content (AvgIpc) is 2.67. The molecular weight excluding hydrogens is 348 g/mol. The first-order chi connectivity index (χ1) is 12.6. The molecule has 1 fully saturated rings. The first-order valence-corrected chi connectivity index (χ1v) is 9.69. The third-order valence-corrected chi connectivity index (χ3v) is 5.60. The van der Waals surface area contributed by atoms with Crippen LogP contribution in [0.4, 0.5) is 5.82 Å². The van der Waals surface area contributed by atoms with Crippen LogP contribution in [0.1, 0.15) is 36.9 Å². The molecule has 0 unspecified atom stereocenters. The van der Waals surface area contributed by atoms with Crippen molar-refractivity contribution in [2.24, 2.45) is 11.7 Å². The van der Waals surface area contributed by atoms with E-state index in [0.29, 0.717) is 17.4 Å². The third kappa shape index (κ3) is 3.40. The van der Waals surface area contributed by atoms with Crippen LogP contribution >= 0.6 is 11.6 Å². The Morgan fingerprint density at radius 3 is 2.85 bits per heavy atom. The lowest BCUT2D eigenvalue weighted by molar-refractivity contribution is -0.122. The van der Waals surface area contributed by atoms with Crippen LogP contribution in [0.2, 0.25) is 5.02 Å². The summed E-state index contributed by atoms with van der Waals surface area (Å²) in [6.45, 7) is 1.55. The number of hydrogen-bond acceptors (Lipinski definition) is 4. The monoisotopic (exact) mass is 370 g/mol. The fourth-order valence-corrected chi connectivity index (χ4v) is 4.18. The van der Waals surface area contributed by atoms with E-state index in [4.69, 9.17) is 27.3 Å². The number of rotatable bonds is 3. The van der Waals surface area contributed by atoms with Crippen molar-refractivity contribution in [3.63, 3.8) is 0 Å². The highest BCUT2D eigenvalue weighted by molar-refractivity contribution is 6.30. The Kier molecular flexibility index (Phi) is 4.81. The number of aryl methyl sites for hydroxylation is 1. The summed E-state index contributed by atoms with van der Waals surface area (Å²) in [4.78, 5) is 23.7. The van der Waals surface area contributed by atoms with Crippen LogP contribution < -0.4 is 10.6 Å². The van der Waals surface area contributed by atoms with Crippen molar-refractivity contribution < 1.29 is 4.79 Å². The Morgan fingerprint density at radius 2 is 2.04 bits per heavy atom. The predicted molar refractivity (Wildman–Crippen MR) is 103 cm³/mol. The van der Waals surface area contributed by atoms with Crippen LogP contribution in [0.5, 0.6) is 0 Å². The van der Waals surface area contributed by atoms with E-state index in [2.05, 4.69) is 4.90 Å². The van der Waals surface area contributed by atoms with Gasteiger partial charge < -0.3 is 10.6 Å². The number of piperidine rings is 1. The Bertz CT molecular complexity index is 839. The Hall–Kier alpha value is -2.14. The fraction of sp³-hybridized carbons (Fsp3) is 0.450. The van der Waals surface area contributed by atoms with Gasteiger partial charge in [-0.1, -0.05) is 23.7 Å². The molecule has 2 aliphatic rings. The molecule has 0 saturated carbocycles. The quantitative estimate of drug-likeness (QED) is 0.898. The largest absolute Gasteiger partial charge is 0.369 e. The molecule has 26 heavy (non-hydrogen) atoms. The molecule has 1 saturated heterocycles. The second-order valence-corrected chi connectivity index (χ2v) is 7.64. The maximum absolute atomic E-state index is 11.7. The van der Waals surface area contributed by atoms with Crippen LogP contribution in [0.25, 0.3) is 11.4 Å². The van der Waals surface area contributed by atoms with Gasteiger partial charge in [0.1, 0.15) is 5.82 Å². The van der Waals surface area contributed by atoms with Crippen molar-refractivity contribution in [3.8, 4) is 11.4 Å². The fourth-order valence-electron chi connectivity index (χ4n) is 3.99. The van der Waals surface area contributed by atoms with Crippen molar-refractivity contribution in [1.82, 2.24) is 9.97 Å². The number of primary amides is 1. The van der Waals surface area contributed by atoms with E-state index in [1.807, 2.05) is 24.3 Å². The summed E-state index contributed by atoms with van der Waals surface area (Å²) >= 11 is 6.16. The normalized spacial score (nSPS) is 19.9. The van der Waals surface area contributed by atoms with E-state index in [9.17, 15) is 4.79 Å². The standard InChI is InChI=1S/C20H23ClN4O/c21-15-7-3-5-13(11-15)19-23-17-9-2-1-8-16(17)20(24-19)25-10-4-6-14(12-25)18(22)26/h3,5,7,11,14H,1-2,4,6,8-10,12H2,(H2,22,26)/t14-/m0/s1. The number of nitrogens with zero attached hydrogens (tertiary/aromatic N) is 3. The number of carbonyl (C=O) groups excluding carboxylic acids is 1. The first-order valence-electron chi connectivity index (χ1n) is 9.32. The molecule has 1 atom stereocenters. The van der Waals surface area contributed by atoms with Crippen molar-refractivity contribution in [1.29, 1.82) is 0 Å². The lowest BCUT2D eigenvalue weighted by Gasteiger charge is -2.34. The molecule has 1 aromatic heterocycles. The lowest BCUT2D eigenvalue weighted by atomic mass is 9.93. The molecule has 2 N–H and O–H groups in total. The molecule has 1 amide bonds. The van der Waals surface area contributed by atoms with Crippen LogP contribution in [-0.4, -0.2) is 29.0 Å². The topological polar surface area (TPSA) is 72.1 Å². The van der Waals surface area contributed by atoms with E-state index >= 15 is 0 Å². The summed E-state index contributed by atoms with van der Waals surface area (Å²) in [6, 6.07) is 7.66. The summed E-state index contributed by atoms with van der Waals surface area (Å²) < 4.78 is 0. The van der Waals surface area contributed by atoms with Gasteiger partial charge in [-0.2, -0.15) is 0 Å². The lowest BCUT2D eigenvalue weighted by Crippen LogP contribution is -2.42. The van der Waals surface area contributed by atoms with Gasteiger partial charge in [0.25, 0.3) is 0 Å². The molecule has 6 heteroatoms. The van der Waals surface area contributed by atoms with Gasteiger partial charge in [-0.25, -0.2) is 9.97 Å². The summed E-state index contributed by atoms with van der Waals surface area (Å²) in [5.41, 5.74) is 8.88. The summed E-state index contributed by atoms with van der Waals surface area (Å²) in [5.74, 6) is 1.38. The number of carbonyl (C=O) groups is 1. The van der Waals surface area contributed by atoms with Crippen LogP contribution in [-0.2, 0) is 17.6 Å². The van der Waals surface area contributed by atoms with Crippen molar-refractivity contribution in [2.75, 3.05) is 18.0 Å². The smallest absolute Gasteiger partial charge is 0.222 e. The number of fused-ring (bicyclic) bond motifs is 1.